The van der Waals surface area contributed by atoms with Crippen LogP contribution in [0.25, 0.3) is 0 Å². The lowest BCUT2D eigenvalue weighted by atomic mass is 10.1. The van der Waals surface area contributed by atoms with Crippen LogP contribution in [0.3, 0.4) is 0 Å². The fourth-order valence-corrected chi connectivity index (χ4v) is 1.97. The van der Waals surface area contributed by atoms with Crippen LogP contribution in [-0.2, 0) is 20.7 Å². The molecule has 0 aliphatic carbocycles. The molecule has 1 aromatic carbocycles. The van der Waals surface area contributed by atoms with Gasteiger partial charge in [0, 0.05) is 23.4 Å². The Labute approximate surface area is 115 Å². The zero-order chi connectivity index (χ0) is 13.7. The molecule has 0 saturated carbocycles. The van der Waals surface area contributed by atoms with E-state index < -0.39 is 12.0 Å². The van der Waals surface area contributed by atoms with Crippen molar-refractivity contribution < 1.29 is 14.3 Å². The molecule has 18 heavy (non-hydrogen) atoms. The number of carbonyl (C=O) groups is 2. The van der Waals surface area contributed by atoms with E-state index in [9.17, 15) is 9.59 Å². The van der Waals surface area contributed by atoms with E-state index in [0.29, 0.717) is 15.6 Å². The van der Waals surface area contributed by atoms with Gasteiger partial charge in [-0.3, -0.25) is 4.79 Å². The SMILES string of the molecule is COC(=O)[C@@H](Cc1ccc(Cl)cc1Cl)NC(C)=O. The van der Waals surface area contributed by atoms with Crippen LogP contribution >= 0.6 is 23.2 Å². The summed E-state index contributed by atoms with van der Waals surface area (Å²) in [7, 11) is 1.26. The van der Waals surface area contributed by atoms with Gasteiger partial charge in [-0.15, -0.1) is 0 Å². The quantitative estimate of drug-likeness (QED) is 0.865. The smallest absolute Gasteiger partial charge is 0.328 e. The molecule has 0 radical (unpaired) electrons. The van der Waals surface area contributed by atoms with E-state index >= 15 is 0 Å². The normalized spacial score (nSPS) is 11.8. The molecule has 4 nitrogen and oxygen atoms in total. The van der Waals surface area contributed by atoms with Crippen molar-refractivity contribution in [3.8, 4) is 0 Å². The van der Waals surface area contributed by atoms with Gasteiger partial charge in [0.25, 0.3) is 0 Å². The van der Waals surface area contributed by atoms with Crippen molar-refractivity contribution in [3.63, 3.8) is 0 Å². The van der Waals surface area contributed by atoms with Crippen LogP contribution in [0.1, 0.15) is 12.5 Å². The molecule has 6 heteroatoms. The van der Waals surface area contributed by atoms with E-state index in [4.69, 9.17) is 23.2 Å². The second kappa shape index (κ2) is 6.61. The van der Waals surface area contributed by atoms with Crippen molar-refractivity contribution >= 4 is 35.1 Å². The molecule has 0 aliphatic rings. The lowest BCUT2D eigenvalue weighted by molar-refractivity contribution is -0.144. The summed E-state index contributed by atoms with van der Waals surface area (Å²) in [5.41, 5.74) is 0.713. The molecular weight excluding hydrogens is 277 g/mol. The maximum Gasteiger partial charge on any atom is 0.328 e. The molecule has 1 rings (SSSR count). The third-order valence-electron chi connectivity index (χ3n) is 2.30. The molecule has 0 unspecified atom stereocenters. The Kier molecular flexibility index (Phi) is 5.44. The van der Waals surface area contributed by atoms with E-state index in [1.807, 2.05) is 0 Å². The lowest BCUT2D eigenvalue weighted by Gasteiger charge is -2.16. The van der Waals surface area contributed by atoms with Crippen molar-refractivity contribution in [2.24, 2.45) is 0 Å². The number of methoxy groups -OCH3 is 1. The zero-order valence-corrected chi connectivity index (χ0v) is 11.5. The van der Waals surface area contributed by atoms with Crippen molar-refractivity contribution in [1.82, 2.24) is 5.32 Å². The highest BCUT2D eigenvalue weighted by atomic mass is 35.5. The fraction of sp³-hybridized carbons (Fsp3) is 0.333. The number of hydrogen-bond acceptors (Lipinski definition) is 3. The summed E-state index contributed by atoms with van der Waals surface area (Å²) in [5.74, 6) is -0.827. The number of amides is 1. The van der Waals surface area contributed by atoms with Gasteiger partial charge in [0.05, 0.1) is 7.11 Å². The minimum absolute atomic E-state index is 0.252. The summed E-state index contributed by atoms with van der Waals surface area (Å²) in [6.07, 6.45) is 0.252. The van der Waals surface area contributed by atoms with Crippen molar-refractivity contribution in [2.75, 3.05) is 7.11 Å². The molecule has 0 saturated heterocycles. The Balaban J connectivity index is 2.88. The average Bonchev–Trinajstić information content (AvgIpc) is 2.30. The largest absolute Gasteiger partial charge is 0.467 e. The van der Waals surface area contributed by atoms with Crippen molar-refractivity contribution in [2.45, 2.75) is 19.4 Å². The molecule has 1 atom stereocenters. The topological polar surface area (TPSA) is 55.4 Å². The summed E-state index contributed by atoms with van der Waals surface area (Å²) < 4.78 is 4.63. The van der Waals surface area contributed by atoms with Crippen molar-refractivity contribution in [3.05, 3.63) is 33.8 Å². The molecule has 0 fully saturated rings. The Morgan fingerprint density at radius 2 is 2.06 bits per heavy atom. The summed E-state index contributed by atoms with van der Waals surface area (Å²) in [5, 5.41) is 3.47. The molecule has 0 aromatic heterocycles. The number of esters is 1. The summed E-state index contributed by atoms with van der Waals surface area (Å²) >= 11 is 11.8. The van der Waals surface area contributed by atoms with Gasteiger partial charge in [-0.1, -0.05) is 29.3 Å². The van der Waals surface area contributed by atoms with Crippen LogP contribution in [-0.4, -0.2) is 25.0 Å². The first kappa shape index (κ1) is 14.8. The van der Waals surface area contributed by atoms with Crippen LogP contribution in [0.15, 0.2) is 18.2 Å². The number of ether oxygens (including phenoxy) is 1. The first-order valence-electron chi connectivity index (χ1n) is 5.23. The highest BCUT2D eigenvalue weighted by Crippen LogP contribution is 2.22. The van der Waals surface area contributed by atoms with Gasteiger partial charge < -0.3 is 10.1 Å². The molecule has 0 spiro atoms. The maximum absolute atomic E-state index is 11.5. The zero-order valence-electron chi connectivity index (χ0n) is 10.00. The number of nitrogens with one attached hydrogen (secondary N) is 1. The third kappa shape index (κ3) is 4.20. The minimum Gasteiger partial charge on any atom is -0.467 e. The van der Waals surface area contributed by atoms with Gasteiger partial charge in [0.1, 0.15) is 6.04 Å². The van der Waals surface area contributed by atoms with E-state index in [2.05, 4.69) is 10.1 Å². The Hall–Kier alpha value is -1.26. The van der Waals surface area contributed by atoms with E-state index in [0.717, 1.165) is 0 Å². The monoisotopic (exact) mass is 289 g/mol. The number of carbonyl (C=O) groups excluding carboxylic acids is 2. The highest BCUT2D eigenvalue weighted by molar-refractivity contribution is 6.35. The van der Waals surface area contributed by atoms with E-state index in [1.165, 1.54) is 14.0 Å². The summed E-state index contributed by atoms with van der Waals surface area (Å²) in [6, 6.07) is 4.21. The van der Waals surface area contributed by atoms with Crippen molar-refractivity contribution in [1.29, 1.82) is 0 Å². The molecule has 0 bridgehead atoms. The van der Waals surface area contributed by atoms with Crippen LogP contribution in [0, 0.1) is 0 Å². The Morgan fingerprint density at radius 1 is 1.39 bits per heavy atom. The standard InChI is InChI=1S/C12H13Cl2NO3/c1-7(16)15-11(12(17)18-2)5-8-3-4-9(13)6-10(8)14/h3-4,6,11H,5H2,1-2H3,(H,15,16)/t11-/m1/s1. The second-order valence-electron chi connectivity index (χ2n) is 3.72. The van der Waals surface area contributed by atoms with E-state index in [1.54, 1.807) is 18.2 Å². The summed E-state index contributed by atoms with van der Waals surface area (Å²) in [4.78, 5) is 22.6. The van der Waals surface area contributed by atoms with Crippen LogP contribution in [0.5, 0.6) is 0 Å². The van der Waals surface area contributed by atoms with Crippen LogP contribution in [0.4, 0.5) is 0 Å². The average molecular weight is 290 g/mol. The molecular formula is C12H13Cl2NO3. The first-order chi connectivity index (χ1) is 8.43. The molecule has 98 valence electrons. The predicted molar refractivity (Wildman–Crippen MR) is 69.8 cm³/mol. The minimum atomic E-state index is -0.758. The van der Waals surface area contributed by atoms with Crippen LogP contribution < -0.4 is 5.32 Å². The lowest BCUT2D eigenvalue weighted by Crippen LogP contribution is -2.42. The fourth-order valence-electron chi connectivity index (χ4n) is 1.49. The van der Waals surface area contributed by atoms with Gasteiger partial charge in [-0.05, 0) is 17.7 Å². The molecule has 1 N–H and O–H groups in total. The maximum atomic E-state index is 11.5. The van der Waals surface area contributed by atoms with Crippen LogP contribution in [0.2, 0.25) is 10.0 Å². The van der Waals surface area contributed by atoms with Gasteiger partial charge in [0.2, 0.25) is 5.91 Å². The van der Waals surface area contributed by atoms with Gasteiger partial charge in [-0.25, -0.2) is 4.79 Å². The van der Waals surface area contributed by atoms with Gasteiger partial charge in [-0.2, -0.15) is 0 Å². The molecule has 0 heterocycles. The number of hydrogen-bond donors (Lipinski definition) is 1. The third-order valence-corrected chi connectivity index (χ3v) is 2.89. The number of halogens is 2. The Morgan fingerprint density at radius 3 is 2.56 bits per heavy atom. The Bertz CT molecular complexity index is 463. The van der Waals surface area contributed by atoms with Gasteiger partial charge >= 0.3 is 5.97 Å². The summed E-state index contributed by atoms with van der Waals surface area (Å²) in [6.45, 7) is 1.33. The first-order valence-corrected chi connectivity index (χ1v) is 5.98. The number of rotatable bonds is 4. The second-order valence-corrected chi connectivity index (χ2v) is 4.56. The van der Waals surface area contributed by atoms with Gasteiger partial charge in [0.15, 0.2) is 0 Å². The molecule has 1 amide bonds. The van der Waals surface area contributed by atoms with E-state index in [-0.39, 0.29) is 12.3 Å². The molecule has 0 aliphatic heterocycles. The molecule has 1 aromatic rings. The predicted octanol–water partition coefficient (Wildman–Crippen LogP) is 2.21. The number of benzene rings is 1. The highest BCUT2D eigenvalue weighted by Gasteiger charge is 2.21.